The summed E-state index contributed by atoms with van der Waals surface area (Å²) in [7, 11) is 0. The molecule has 4 rings (SSSR count). The van der Waals surface area contributed by atoms with E-state index in [2.05, 4.69) is 15.1 Å². The van der Waals surface area contributed by atoms with Gasteiger partial charge in [0.05, 0.1) is 12.1 Å². The fraction of sp³-hybridized carbons (Fsp3) is 0.600. The zero-order chi connectivity index (χ0) is 18.1. The highest BCUT2D eigenvalue weighted by atomic mass is 16.2. The molecule has 0 unspecified atom stereocenters. The Balaban J connectivity index is 1.48. The summed E-state index contributed by atoms with van der Waals surface area (Å²) in [5, 5.41) is 3.27. The molecule has 6 nitrogen and oxygen atoms in total. The van der Waals surface area contributed by atoms with E-state index in [1.54, 1.807) is 0 Å². The van der Waals surface area contributed by atoms with E-state index in [1.807, 2.05) is 24.3 Å². The zero-order valence-corrected chi connectivity index (χ0v) is 15.2. The first kappa shape index (κ1) is 17.3. The monoisotopic (exact) mass is 356 g/mol. The van der Waals surface area contributed by atoms with Gasteiger partial charge in [-0.1, -0.05) is 12.1 Å². The van der Waals surface area contributed by atoms with E-state index in [9.17, 15) is 9.59 Å². The lowest BCUT2D eigenvalue weighted by molar-refractivity contribution is -0.118. The molecule has 2 saturated heterocycles. The van der Waals surface area contributed by atoms with Gasteiger partial charge in [-0.05, 0) is 49.7 Å². The van der Waals surface area contributed by atoms with E-state index < -0.39 is 0 Å². The van der Waals surface area contributed by atoms with Gasteiger partial charge in [0.2, 0.25) is 5.91 Å². The van der Waals surface area contributed by atoms with Crippen LogP contribution in [-0.2, 0) is 4.79 Å². The summed E-state index contributed by atoms with van der Waals surface area (Å²) in [5.41, 5.74) is 7.16. The van der Waals surface area contributed by atoms with Gasteiger partial charge in [0, 0.05) is 37.9 Å². The Morgan fingerprint density at radius 1 is 1.12 bits per heavy atom. The molecule has 26 heavy (non-hydrogen) atoms. The van der Waals surface area contributed by atoms with Gasteiger partial charge in [-0.3, -0.25) is 14.5 Å². The molecule has 3 fully saturated rings. The Hall–Kier alpha value is -2.08. The fourth-order valence-electron chi connectivity index (χ4n) is 4.56. The van der Waals surface area contributed by atoms with Crippen LogP contribution < -0.4 is 16.0 Å². The highest BCUT2D eigenvalue weighted by Gasteiger charge is 2.43. The average Bonchev–Trinajstić information content (AvgIpc) is 3.16. The summed E-state index contributed by atoms with van der Waals surface area (Å²) in [6.07, 6.45) is 4.83. The number of nitrogens with two attached hydrogens (primary N) is 1. The maximum absolute atomic E-state index is 13.0. The van der Waals surface area contributed by atoms with Gasteiger partial charge in [0.25, 0.3) is 5.91 Å². The maximum atomic E-state index is 13.0. The lowest BCUT2D eigenvalue weighted by Crippen LogP contribution is -2.42. The summed E-state index contributed by atoms with van der Waals surface area (Å²) in [4.78, 5) is 28.7. The number of likely N-dealkylation sites (tertiary alicyclic amines) is 1. The molecule has 3 N–H and O–H groups in total. The van der Waals surface area contributed by atoms with Crippen LogP contribution in [0.4, 0.5) is 5.69 Å². The molecule has 140 valence electrons. The second-order valence-corrected chi connectivity index (χ2v) is 7.95. The number of nitrogens with zero attached hydrogens (tertiary/aromatic N) is 2. The number of nitrogens with one attached hydrogen (secondary N) is 1. The number of hydrogen-bond donors (Lipinski definition) is 2. The first-order chi connectivity index (χ1) is 12.6. The Bertz CT molecular complexity index is 682. The summed E-state index contributed by atoms with van der Waals surface area (Å²) < 4.78 is 0. The molecule has 1 aromatic carbocycles. The molecule has 2 amide bonds. The van der Waals surface area contributed by atoms with E-state index in [4.69, 9.17) is 5.73 Å². The zero-order valence-electron chi connectivity index (χ0n) is 15.2. The Kier molecular flexibility index (Phi) is 4.85. The molecule has 1 saturated carbocycles. The number of carbonyl (C=O) groups is 2. The quantitative estimate of drug-likeness (QED) is 0.803. The van der Waals surface area contributed by atoms with Crippen LogP contribution >= 0.6 is 0 Å². The second kappa shape index (κ2) is 7.27. The van der Waals surface area contributed by atoms with Crippen molar-refractivity contribution in [3.63, 3.8) is 0 Å². The van der Waals surface area contributed by atoms with Crippen molar-refractivity contribution in [2.24, 2.45) is 17.6 Å². The molecule has 1 aliphatic carbocycles. The molecule has 3 aliphatic rings. The van der Waals surface area contributed by atoms with E-state index in [0.717, 1.165) is 30.9 Å². The number of anilines is 1. The van der Waals surface area contributed by atoms with Crippen LogP contribution in [0.15, 0.2) is 24.3 Å². The normalized spacial score (nSPS) is 26.2. The molecule has 0 aromatic heterocycles. The number of primary amides is 1. The Morgan fingerprint density at radius 2 is 1.85 bits per heavy atom. The number of benzene rings is 1. The second-order valence-electron chi connectivity index (χ2n) is 7.95. The highest BCUT2D eigenvalue weighted by molar-refractivity contribution is 6.00. The largest absolute Gasteiger partial charge is 0.371 e. The lowest BCUT2D eigenvalue weighted by Gasteiger charge is -2.23. The minimum atomic E-state index is -0.300. The van der Waals surface area contributed by atoms with Crippen molar-refractivity contribution in [2.75, 3.05) is 37.6 Å². The number of carbonyl (C=O) groups excluding carboxylic acids is 2. The molecule has 2 heterocycles. The van der Waals surface area contributed by atoms with Crippen molar-refractivity contribution in [1.29, 1.82) is 0 Å². The highest BCUT2D eigenvalue weighted by Crippen LogP contribution is 2.41. The van der Waals surface area contributed by atoms with Gasteiger partial charge in [-0.2, -0.15) is 0 Å². The van der Waals surface area contributed by atoms with Crippen LogP contribution in [0.3, 0.4) is 0 Å². The smallest absolute Gasteiger partial charge is 0.253 e. The third kappa shape index (κ3) is 3.70. The lowest BCUT2D eigenvalue weighted by atomic mass is 9.97. The first-order valence-corrected chi connectivity index (χ1v) is 9.77. The Morgan fingerprint density at radius 3 is 2.54 bits per heavy atom. The third-order valence-corrected chi connectivity index (χ3v) is 5.96. The molecule has 1 aromatic rings. The summed E-state index contributed by atoms with van der Waals surface area (Å²) in [6, 6.07) is 8.00. The molecule has 6 heteroatoms. The van der Waals surface area contributed by atoms with Crippen LogP contribution in [0.2, 0.25) is 0 Å². The number of rotatable bonds is 6. The molecular formula is C20H28N4O2. The molecular weight excluding hydrogens is 328 g/mol. The fourth-order valence-corrected chi connectivity index (χ4v) is 4.56. The van der Waals surface area contributed by atoms with Gasteiger partial charge in [0.1, 0.15) is 0 Å². The molecule has 2 atom stereocenters. The van der Waals surface area contributed by atoms with Crippen LogP contribution in [0.1, 0.15) is 36.0 Å². The van der Waals surface area contributed by atoms with E-state index in [1.165, 1.54) is 25.7 Å². The van der Waals surface area contributed by atoms with Crippen molar-refractivity contribution in [3.05, 3.63) is 29.8 Å². The van der Waals surface area contributed by atoms with Gasteiger partial charge >= 0.3 is 0 Å². The predicted molar refractivity (Wildman–Crippen MR) is 101 cm³/mol. The van der Waals surface area contributed by atoms with Crippen LogP contribution in [0.5, 0.6) is 0 Å². The van der Waals surface area contributed by atoms with Gasteiger partial charge in [-0.25, -0.2) is 0 Å². The topological polar surface area (TPSA) is 78.7 Å². The number of hydrogen-bond acceptors (Lipinski definition) is 4. The maximum Gasteiger partial charge on any atom is 0.253 e. The van der Waals surface area contributed by atoms with Crippen molar-refractivity contribution >= 4 is 17.5 Å². The predicted octanol–water partition coefficient (Wildman–Crippen LogP) is 1.21. The van der Waals surface area contributed by atoms with E-state index in [0.29, 0.717) is 18.4 Å². The molecule has 0 spiro atoms. The van der Waals surface area contributed by atoms with Crippen molar-refractivity contribution in [2.45, 2.75) is 31.7 Å². The molecule has 0 bridgehead atoms. The minimum Gasteiger partial charge on any atom is -0.371 e. The third-order valence-electron chi connectivity index (χ3n) is 5.96. The van der Waals surface area contributed by atoms with Crippen molar-refractivity contribution in [1.82, 2.24) is 10.2 Å². The van der Waals surface area contributed by atoms with E-state index in [-0.39, 0.29) is 24.4 Å². The van der Waals surface area contributed by atoms with Gasteiger partial charge in [-0.15, -0.1) is 0 Å². The average molecular weight is 356 g/mol. The minimum absolute atomic E-state index is 0.00377. The molecule has 2 aliphatic heterocycles. The SMILES string of the molecule is NC(=O)CN1C[C@@H](NC(=O)c2ccccc2N2CCCC2)[C@H](C2CC2)C1. The van der Waals surface area contributed by atoms with Crippen LogP contribution in [-0.4, -0.2) is 55.5 Å². The Labute approximate surface area is 154 Å². The standard InChI is InChI=1S/C20H28N4O2/c21-19(25)13-23-11-16(14-7-8-14)17(12-23)22-20(26)15-5-1-2-6-18(15)24-9-3-4-10-24/h1-2,5-6,14,16-17H,3-4,7-13H2,(H2,21,25)(H,22,26)/t16-,17+/m0/s1. The van der Waals surface area contributed by atoms with Gasteiger partial charge < -0.3 is 16.0 Å². The number of amides is 2. The summed E-state index contributed by atoms with van der Waals surface area (Å²) in [6.45, 7) is 3.88. The molecule has 0 radical (unpaired) electrons. The summed E-state index contributed by atoms with van der Waals surface area (Å²) in [5.74, 6) is 0.805. The van der Waals surface area contributed by atoms with E-state index >= 15 is 0 Å². The van der Waals surface area contributed by atoms with Crippen molar-refractivity contribution < 1.29 is 9.59 Å². The van der Waals surface area contributed by atoms with Crippen molar-refractivity contribution in [3.8, 4) is 0 Å². The number of para-hydroxylation sites is 1. The van der Waals surface area contributed by atoms with Crippen LogP contribution in [0.25, 0.3) is 0 Å². The first-order valence-electron chi connectivity index (χ1n) is 9.77. The van der Waals surface area contributed by atoms with Crippen LogP contribution in [0, 0.1) is 11.8 Å². The van der Waals surface area contributed by atoms with Gasteiger partial charge in [0.15, 0.2) is 0 Å². The summed E-state index contributed by atoms with van der Waals surface area (Å²) >= 11 is 0.